The number of anilines is 1. The maximum atomic E-state index is 11.9. The van der Waals surface area contributed by atoms with Crippen LogP contribution < -0.4 is 11.3 Å². The predicted molar refractivity (Wildman–Crippen MR) is 80.2 cm³/mol. The molecule has 0 aliphatic heterocycles. The van der Waals surface area contributed by atoms with Gasteiger partial charge in [-0.1, -0.05) is 13.0 Å². The molecule has 0 amide bonds. The summed E-state index contributed by atoms with van der Waals surface area (Å²) >= 11 is 0. The third-order valence-electron chi connectivity index (χ3n) is 3.64. The molecule has 8 heteroatoms. The standard InChI is InChI=1S/C14H17N5O3/c1-2-5-22-13(21)8-3-4-9(6-8)19-7-16-10-11(19)17-14(15)18-12(10)20/h3,7,9H,2,4-6H2,1H3,(H3,15,17,18,20)/t9-/m0/s1. The molecular formula is C14H17N5O3. The summed E-state index contributed by atoms with van der Waals surface area (Å²) in [5.41, 5.74) is 6.55. The van der Waals surface area contributed by atoms with E-state index in [-0.39, 0.29) is 29.0 Å². The van der Waals surface area contributed by atoms with Gasteiger partial charge < -0.3 is 15.0 Å². The van der Waals surface area contributed by atoms with Gasteiger partial charge in [-0.3, -0.25) is 9.78 Å². The third-order valence-corrected chi connectivity index (χ3v) is 3.64. The first-order valence-electron chi connectivity index (χ1n) is 7.18. The van der Waals surface area contributed by atoms with Gasteiger partial charge in [0.05, 0.1) is 12.9 Å². The van der Waals surface area contributed by atoms with Crippen molar-refractivity contribution in [3.05, 3.63) is 28.3 Å². The minimum absolute atomic E-state index is 0.0112. The Labute approximate surface area is 126 Å². The van der Waals surface area contributed by atoms with E-state index < -0.39 is 0 Å². The van der Waals surface area contributed by atoms with Gasteiger partial charge in [0, 0.05) is 18.0 Å². The van der Waals surface area contributed by atoms with E-state index in [1.807, 2.05) is 13.0 Å². The Hall–Kier alpha value is -2.64. The fourth-order valence-corrected chi connectivity index (χ4v) is 2.58. The number of rotatable bonds is 4. The summed E-state index contributed by atoms with van der Waals surface area (Å²) < 4.78 is 6.93. The summed E-state index contributed by atoms with van der Waals surface area (Å²) in [6, 6.07) is -0.0112. The number of hydrogen-bond acceptors (Lipinski definition) is 6. The molecule has 2 aromatic heterocycles. The number of carbonyl (C=O) groups excluding carboxylic acids is 1. The highest BCUT2D eigenvalue weighted by Crippen LogP contribution is 2.31. The molecule has 3 rings (SSSR count). The normalized spacial score (nSPS) is 17.7. The molecule has 8 nitrogen and oxygen atoms in total. The second kappa shape index (κ2) is 5.63. The molecule has 116 valence electrons. The molecule has 1 aliphatic carbocycles. The van der Waals surface area contributed by atoms with Crippen LogP contribution in [0, 0.1) is 0 Å². The molecule has 2 aromatic rings. The van der Waals surface area contributed by atoms with Crippen molar-refractivity contribution in [2.45, 2.75) is 32.2 Å². The second-order valence-corrected chi connectivity index (χ2v) is 5.23. The summed E-state index contributed by atoms with van der Waals surface area (Å²) in [4.78, 5) is 34.3. The van der Waals surface area contributed by atoms with Gasteiger partial charge in [-0.25, -0.2) is 9.78 Å². The highest BCUT2D eigenvalue weighted by molar-refractivity contribution is 5.89. The molecule has 0 saturated carbocycles. The van der Waals surface area contributed by atoms with E-state index in [0.717, 1.165) is 6.42 Å². The summed E-state index contributed by atoms with van der Waals surface area (Å²) in [5, 5.41) is 0. The van der Waals surface area contributed by atoms with Gasteiger partial charge in [0.25, 0.3) is 5.56 Å². The fraction of sp³-hybridized carbons (Fsp3) is 0.429. The van der Waals surface area contributed by atoms with Gasteiger partial charge in [0.15, 0.2) is 11.2 Å². The minimum atomic E-state index is -0.366. The molecule has 22 heavy (non-hydrogen) atoms. The van der Waals surface area contributed by atoms with Crippen molar-refractivity contribution in [3.63, 3.8) is 0 Å². The molecule has 0 spiro atoms. The number of aromatic amines is 1. The van der Waals surface area contributed by atoms with Crippen LogP contribution in [0.5, 0.6) is 0 Å². The summed E-state index contributed by atoms with van der Waals surface area (Å²) in [5.74, 6) is -0.230. The number of fused-ring (bicyclic) bond motifs is 1. The van der Waals surface area contributed by atoms with E-state index in [4.69, 9.17) is 10.5 Å². The van der Waals surface area contributed by atoms with Gasteiger partial charge >= 0.3 is 5.97 Å². The SMILES string of the molecule is CCCOC(=O)C1=CC[C@H](n2cnc3c(=O)[nH]c(N)nc32)C1. The topological polar surface area (TPSA) is 116 Å². The molecule has 0 fully saturated rings. The van der Waals surface area contributed by atoms with Crippen molar-refractivity contribution in [2.24, 2.45) is 0 Å². The highest BCUT2D eigenvalue weighted by atomic mass is 16.5. The Morgan fingerprint density at radius 3 is 3.18 bits per heavy atom. The lowest BCUT2D eigenvalue weighted by Crippen LogP contribution is -2.14. The first-order valence-corrected chi connectivity index (χ1v) is 7.18. The lowest BCUT2D eigenvalue weighted by Gasteiger charge is -2.12. The minimum Gasteiger partial charge on any atom is -0.462 e. The number of nitrogens with one attached hydrogen (secondary N) is 1. The van der Waals surface area contributed by atoms with Gasteiger partial charge in [-0.15, -0.1) is 0 Å². The van der Waals surface area contributed by atoms with Crippen LogP contribution in [0.1, 0.15) is 32.2 Å². The van der Waals surface area contributed by atoms with Gasteiger partial charge in [-0.05, 0) is 12.8 Å². The number of H-pyrrole nitrogens is 1. The number of carbonyl (C=O) groups is 1. The van der Waals surface area contributed by atoms with Crippen LogP contribution in [0.4, 0.5) is 5.95 Å². The number of hydrogen-bond donors (Lipinski definition) is 2. The number of nitrogens with zero attached hydrogens (tertiary/aromatic N) is 3. The first kappa shape index (κ1) is 14.3. The van der Waals surface area contributed by atoms with Crippen molar-refractivity contribution < 1.29 is 9.53 Å². The van der Waals surface area contributed by atoms with Crippen LogP contribution in [0.2, 0.25) is 0 Å². The van der Waals surface area contributed by atoms with E-state index in [2.05, 4.69) is 15.0 Å². The molecule has 0 radical (unpaired) electrons. The maximum absolute atomic E-state index is 11.9. The molecule has 0 unspecified atom stereocenters. The molecule has 0 aromatic carbocycles. The molecule has 0 bridgehead atoms. The number of imidazole rings is 1. The van der Waals surface area contributed by atoms with E-state index in [1.54, 1.807) is 10.9 Å². The van der Waals surface area contributed by atoms with Crippen LogP contribution in [0.15, 0.2) is 22.8 Å². The molecular weight excluding hydrogens is 286 g/mol. The van der Waals surface area contributed by atoms with Crippen molar-refractivity contribution in [2.75, 3.05) is 12.3 Å². The van der Waals surface area contributed by atoms with Gasteiger partial charge in [0.2, 0.25) is 5.95 Å². The monoisotopic (exact) mass is 303 g/mol. The molecule has 1 aliphatic rings. The lowest BCUT2D eigenvalue weighted by atomic mass is 10.2. The Bertz CT molecular complexity index is 804. The van der Waals surface area contributed by atoms with Crippen LogP contribution in [0.3, 0.4) is 0 Å². The van der Waals surface area contributed by atoms with E-state index in [0.29, 0.717) is 30.7 Å². The smallest absolute Gasteiger partial charge is 0.333 e. The van der Waals surface area contributed by atoms with Crippen LogP contribution >= 0.6 is 0 Å². The van der Waals surface area contributed by atoms with E-state index in [9.17, 15) is 9.59 Å². The van der Waals surface area contributed by atoms with Crippen LogP contribution in [-0.2, 0) is 9.53 Å². The summed E-state index contributed by atoms with van der Waals surface area (Å²) in [6.45, 7) is 2.37. The Morgan fingerprint density at radius 2 is 2.41 bits per heavy atom. The second-order valence-electron chi connectivity index (χ2n) is 5.23. The van der Waals surface area contributed by atoms with Gasteiger partial charge in [-0.2, -0.15) is 4.98 Å². The van der Waals surface area contributed by atoms with Crippen LogP contribution in [0.25, 0.3) is 11.2 Å². The van der Waals surface area contributed by atoms with E-state index in [1.165, 1.54) is 0 Å². The quantitative estimate of drug-likeness (QED) is 0.811. The third kappa shape index (κ3) is 2.47. The van der Waals surface area contributed by atoms with Crippen molar-refractivity contribution in [1.29, 1.82) is 0 Å². The van der Waals surface area contributed by atoms with Gasteiger partial charge in [0.1, 0.15) is 0 Å². The average Bonchev–Trinajstić information content (AvgIpc) is 3.10. The molecule has 3 N–H and O–H groups in total. The van der Waals surface area contributed by atoms with Crippen molar-refractivity contribution >= 4 is 23.1 Å². The summed E-state index contributed by atoms with van der Waals surface area (Å²) in [7, 11) is 0. The fourth-order valence-electron chi connectivity index (χ4n) is 2.58. The Balaban J connectivity index is 1.83. The number of ether oxygens (including phenoxy) is 1. The zero-order valence-corrected chi connectivity index (χ0v) is 12.2. The lowest BCUT2D eigenvalue weighted by molar-refractivity contribution is -0.139. The van der Waals surface area contributed by atoms with Crippen molar-refractivity contribution in [3.8, 4) is 0 Å². The first-order chi connectivity index (χ1) is 10.6. The molecule has 0 saturated heterocycles. The number of esters is 1. The number of nitrogen functional groups attached to an aromatic ring is 1. The molecule has 1 atom stereocenters. The Morgan fingerprint density at radius 1 is 1.59 bits per heavy atom. The summed E-state index contributed by atoms with van der Waals surface area (Å²) in [6.07, 6.45) is 5.41. The zero-order valence-electron chi connectivity index (χ0n) is 12.2. The highest BCUT2D eigenvalue weighted by Gasteiger charge is 2.26. The van der Waals surface area contributed by atoms with Crippen LogP contribution in [-0.4, -0.2) is 32.1 Å². The zero-order chi connectivity index (χ0) is 15.7. The largest absolute Gasteiger partial charge is 0.462 e. The Kier molecular flexibility index (Phi) is 3.66. The van der Waals surface area contributed by atoms with Crippen molar-refractivity contribution in [1.82, 2.24) is 19.5 Å². The van der Waals surface area contributed by atoms with E-state index >= 15 is 0 Å². The number of aromatic nitrogens is 4. The average molecular weight is 303 g/mol. The number of allylic oxidation sites excluding steroid dienone is 1. The number of nitrogens with two attached hydrogens (primary N) is 1. The molecule has 2 heterocycles. The predicted octanol–water partition coefficient (Wildman–Crippen LogP) is 0.916. The maximum Gasteiger partial charge on any atom is 0.333 e.